The number of esters is 6. The Hall–Kier alpha value is -3.01. The molecule has 2 aliphatic rings. The molecule has 0 atom stereocenters. The van der Waals surface area contributed by atoms with E-state index in [1.54, 1.807) is 125 Å². The van der Waals surface area contributed by atoms with Crippen molar-refractivity contribution in [2.45, 2.75) is 225 Å². The van der Waals surface area contributed by atoms with Crippen LogP contribution in [-0.4, -0.2) is 95.8 Å². The molecule has 2 radical (unpaired) electrons. The third kappa shape index (κ3) is 110. The van der Waals surface area contributed by atoms with Crippen molar-refractivity contribution in [1.29, 1.82) is 0 Å². The van der Waals surface area contributed by atoms with Gasteiger partial charge in [0.15, 0.2) is 0 Å². The van der Waals surface area contributed by atoms with E-state index in [-0.39, 0.29) is 127 Å². The zero-order valence-electron chi connectivity index (χ0n) is 53.0. The second-order valence-electron chi connectivity index (χ2n) is 22.4. The van der Waals surface area contributed by atoms with Gasteiger partial charge in [-0.15, -0.1) is 34.6 Å². The van der Waals surface area contributed by atoms with E-state index in [4.69, 9.17) is 37.9 Å². The summed E-state index contributed by atoms with van der Waals surface area (Å²) in [6, 6.07) is 0. The van der Waals surface area contributed by atoms with Crippen molar-refractivity contribution >= 4 is 35.8 Å². The smallest absolute Gasteiger partial charge is 0.875 e. The molecule has 0 saturated carbocycles. The molecule has 2 heterocycles. The van der Waals surface area contributed by atoms with Gasteiger partial charge in [0.1, 0.15) is 33.6 Å². The summed E-state index contributed by atoms with van der Waals surface area (Å²) in [5, 5.41) is 62.3. The number of hydrogen-bond donors (Lipinski definition) is 0. The van der Waals surface area contributed by atoms with Crippen LogP contribution in [0.4, 0.5) is 0 Å². The Balaban J connectivity index is -0.0000000878. The van der Waals surface area contributed by atoms with E-state index in [0.717, 1.165) is 62.9 Å². The van der Waals surface area contributed by atoms with Crippen LogP contribution in [0.25, 0.3) is 0 Å². The minimum absolute atomic E-state index is 0. The Morgan fingerprint density at radius 3 is 0.438 bits per heavy atom. The normalized spacial score (nSPS) is 13.7. The summed E-state index contributed by atoms with van der Waals surface area (Å²) in [6.45, 7) is 43.3. The quantitative estimate of drug-likeness (QED) is 0.103. The van der Waals surface area contributed by atoms with Gasteiger partial charge in [-0.1, -0.05) is 41.5 Å². The van der Waals surface area contributed by atoms with E-state index in [0.29, 0.717) is 0 Å². The van der Waals surface area contributed by atoms with Crippen LogP contribution in [0, 0.1) is 0 Å². The molecule has 20 nitrogen and oxygen atoms in total. The summed E-state index contributed by atoms with van der Waals surface area (Å²) in [4.78, 5) is 64.6. The molecular weight excluding hydrogens is 1160 g/mol. The number of rotatable bonds is 6. The van der Waals surface area contributed by atoms with Gasteiger partial charge in [0.2, 0.25) is 0 Å². The van der Waals surface area contributed by atoms with Gasteiger partial charge in [-0.25, -0.2) is 28.8 Å². The SMILES string of the molecule is C/C([O-])=C/C(=O)OC(C)(C)C.C/C([O-])=C/C(=O)OC(C)(C)C.C/C([O-])=C/C(=O)OC(C)(C)C.C/C([O-])=C/C(=O)OC(C)(C)C.C/C([O-])=C/C(=O)OC(C)(C)C.C/C([O-])=C/C(=O)OC(C)(C)C.C1CCOC1.C1CCOC1.[Co+2].[Co+2].[Na+].[Na+]. The summed E-state index contributed by atoms with van der Waals surface area (Å²) < 4.78 is 38.9. The molecule has 2 aliphatic heterocycles. The fourth-order valence-corrected chi connectivity index (χ4v) is 4.00. The minimum atomic E-state index is -0.579. The number of carbonyl (C=O) groups is 6. The number of allylic oxidation sites excluding steroid dienone is 6. The van der Waals surface area contributed by atoms with E-state index < -0.39 is 69.4 Å². The fourth-order valence-electron chi connectivity index (χ4n) is 4.00. The molecule has 458 valence electrons. The average molecular weight is 1250 g/mol. The second-order valence-corrected chi connectivity index (χ2v) is 22.4. The molecule has 0 aromatic heterocycles. The number of hydrogen-bond acceptors (Lipinski definition) is 20. The zero-order valence-corrected chi connectivity index (χ0v) is 59.0. The van der Waals surface area contributed by atoms with Crippen LogP contribution in [0.5, 0.6) is 0 Å². The van der Waals surface area contributed by atoms with E-state index in [9.17, 15) is 59.4 Å². The molecule has 0 aliphatic carbocycles. The molecule has 24 heteroatoms. The van der Waals surface area contributed by atoms with Crippen LogP contribution in [0.1, 0.15) is 192 Å². The number of carbonyl (C=O) groups excluding carboxylic acids is 6. The Kier molecular flexibility index (Phi) is 63.9. The maximum absolute atomic E-state index is 10.8. The van der Waals surface area contributed by atoms with Crippen molar-refractivity contribution in [3.05, 3.63) is 71.0 Å². The second kappa shape index (κ2) is 51.6. The first-order chi connectivity index (χ1) is 33.9. The molecule has 80 heavy (non-hydrogen) atoms. The first-order valence-corrected chi connectivity index (χ1v) is 24.5. The molecule has 0 N–H and O–H groups in total. The van der Waals surface area contributed by atoms with Gasteiger partial charge < -0.3 is 68.5 Å². The average Bonchev–Trinajstić information content (AvgIpc) is 3.87. The number of ether oxygens (including phenoxy) is 8. The van der Waals surface area contributed by atoms with Crippen molar-refractivity contribution in [2.24, 2.45) is 0 Å². The Labute approximate surface area is 544 Å². The molecule has 0 aromatic rings. The largest absolute Gasteiger partial charge is 2.00 e. The van der Waals surface area contributed by atoms with Gasteiger partial charge in [-0.2, -0.15) is 0 Å². The predicted molar refractivity (Wildman–Crippen MR) is 278 cm³/mol. The fraction of sp³-hybridized carbons (Fsp3) is 0.679. The summed E-state index contributed by atoms with van der Waals surface area (Å²) in [5.74, 6) is -5.23. The summed E-state index contributed by atoms with van der Waals surface area (Å²) in [5.41, 5.74) is -3.15. The molecule has 0 amide bonds. The summed E-state index contributed by atoms with van der Waals surface area (Å²) >= 11 is 0. The van der Waals surface area contributed by atoms with Crippen molar-refractivity contribution in [2.75, 3.05) is 26.4 Å². The first kappa shape index (κ1) is 99.1. The van der Waals surface area contributed by atoms with Gasteiger partial charge in [0.05, 0.1) is 0 Å². The maximum Gasteiger partial charge on any atom is 2.00 e. The standard InChI is InChI=1S/6C8H14O3.2C4H8O.2Co.2Na/c6*1-6(9)5-7(10)11-8(2,3)4;2*1-2-4-5-3-1;;;;/h6*5,9H,1-4H3;2*1-4H2;;;;/q;;;;;;;;2*+2;2*+1/p-6/b6*6-5-;;;;;;. The minimum Gasteiger partial charge on any atom is -0.875 e. The van der Waals surface area contributed by atoms with Crippen molar-refractivity contribution in [3.63, 3.8) is 0 Å². The molecule has 2 rings (SSSR count). The van der Waals surface area contributed by atoms with Crippen LogP contribution < -0.4 is 89.8 Å². The van der Waals surface area contributed by atoms with Gasteiger partial charge in [0.25, 0.3) is 0 Å². The van der Waals surface area contributed by atoms with Gasteiger partial charge in [-0.05, 0) is 150 Å². The third-order valence-corrected chi connectivity index (χ3v) is 6.02. The van der Waals surface area contributed by atoms with Crippen LogP contribution in [0.3, 0.4) is 0 Å². The van der Waals surface area contributed by atoms with Crippen molar-refractivity contribution < 1.29 is 190 Å². The molecule has 2 fully saturated rings. The van der Waals surface area contributed by atoms with Crippen LogP contribution in [-0.2, 0) is 100 Å². The van der Waals surface area contributed by atoms with E-state index in [2.05, 4.69) is 0 Å². The molecule has 0 unspecified atom stereocenters. The van der Waals surface area contributed by atoms with Gasteiger partial charge in [-0.3, -0.25) is 0 Å². The van der Waals surface area contributed by atoms with Crippen molar-refractivity contribution in [1.82, 2.24) is 0 Å². The van der Waals surface area contributed by atoms with Gasteiger partial charge in [0, 0.05) is 62.9 Å². The zero-order chi connectivity index (χ0) is 61.5. The predicted octanol–water partition coefficient (Wildman–Crippen LogP) is -0.850. The van der Waals surface area contributed by atoms with Crippen LogP contribution in [0.15, 0.2) is 71.0 Å². The molecule has 2 saturated heterocycles. The molecular formula is C56H94Co2Na2O20. The van der Waals surface area contributed by atoms with Gasteiger partial charge >= 0.3 is 128 Å². The summed E-state index contributed by atoms with van der Waals surface area (Å²) in [7, 11) is 0. The first-order valence-electron chi connectivity index (χ1n) is 24.5. The monoisotopic (exact) mass is 1250 g/mol. The molecule has 0 spiro atoms. The topological polar surface area (TPSA) is 315 Å². The third-order valence-electron chi connectivity index (χ3n) is 6.02. The van der Waals surface area contributed by atoms with Crippen LogP contribution in [0.2, 0.25) is 0 Å². The summed E-state index contributed by atoms with van der Waals surface area (Å²) in [6.07, 6.45) is 10.7. The van der Waals surface area contributed by atoms with E-state index in [1.807, 2.05) is 0 Å². The Morgan fingerprint density at radius 2 is 0.388 bits per heavy atom. The van der Waals surface area contributed by atoms with Crippen LogP contribution >= 0.6 is 0 Å². The van der Waals surface area contributed by atoms with Crippen molar-refractivity contribution in [3.8, 4) is 0 Å². The van der Waals surface area contributed by atoms with E-state index >= 15 is 0 Å². The molecule has 0 bridgehead atoms. The van der Waals surface area contributed by atoms with E-state index in [1.165, 1.54) is 67.2 Å². The molecule has 0 aromatic carbocycles. The Bertz CT molecular complexity index is 1520. The Morgan fingerprint density at radius 1 is 0.287 bits per heavy atom. The maximum atomic E-state index is 10.8.